The number of carbonyl (C=O) groups is 1. The Bertz CT molecular complexity index is 1180. The Hall–Kier alpha value is -2.92. The third-order valence-electron chi connectivity index (χ3n) is 6.30. The summed E-state index contributed by atoms with van der Waals surface area (Å²) in [5.74, 6) is -0.189. The molecule has 1 N–H and O–H groups in total. The molecule has 1 aliphatic heterocycles. The standard InChI is InChI=1S/C23H25F2N5O3S/c1-13-27-28-23(34-13)26-21(31)15-5-6-18-19(12-15)30(16-7-9-32-10-8-16)29-20(18)14-3-2-4-17(11-14)33-22(24)25/h2-4,11,15-16,22H,5-10,12H2,1H3,(H,26,28,31)/t15-/m1/s1. The summed E-state index contributed by atoms with van der Waals surface area (Å²) in [5.41, 5.74) is 3.59. The van der Waals surface area contributed by atoms with Gasteiger partial charge in [-0.2, -0.15) is 13.9 Å². The maximum absolute atomic E-state index is 13.0. The van der Waals surface area contributed by atoms with Gasteiger partial charge in [0.15, 0.2) is 0 Å². The number of hydrogen-bond acceptors (Lipinski definition) is 7. The number of aryl methyl sites for hydroxylation is 1. The molecule has 2 aliphatic rings. The molecule has 1 fully saturated rings. The first-order valence-corrected chi connectivity index (χ1v) is 12.1. The van der Waals surface area contributed by atoms with E-state index in [1.54, 1.807) is 12.1 Å². The van der Waals surface area contributed by atoms with Crippen LogP contribution in [-0.4, -0.2) is 45.7 Å². The zero-order chi connectivity index (χ0) is 23.7. The molecule has 1 amide bonds. The highest BCUT2D eigenvalue weighted by Gasteiger charge is 2.33. The third-order valence-corrected chi connectivity index (χ3v) is 7.05. The SMILES string of the molecule is Cc1nnc(NC(=O)[C@@H]2CCc3c(-c4cccc(OC(F)F)c4)nn(C4CCOCC4)c3C2)s1. The van der Waals surface area contributed by atoms with Crippen molar-refractivity contribution in [1.29, 1.82) is 0 Å². The van der Waals surface area contributed by atoms with E-state index >= 15 is 0 Å². The van der Waals surface area contributed by atoms with Crippen molar-refractivity contribution in [2.45, 2.75) is 51.7 Å². The summed E-state index contributed by atoms with van der Waals surface area (Å²) in [6.45, 7) is 0.273. The highest BCUT2D eigenvalue weighted by Crippen LogP contribution is 2.38. The summed E-state index contributed by atoms with van der Waals surface area (Å²) in [7, 11) is 0. The van der Waals surface area contributed by atoms with Gasteiger partial charge in [-0.05, 0) is 44.7 Å². The van der Waals surface area contributed by atoms with Crippen LogP contribution in [0.3, 0.4) is 0 Å². The molecule has 34 heavy (non-hydrogen) atoms. The number of alkyl halides is 2. The molecule has 11 heteroatoms. The lowest BCUT2D eigenvalue weighted by molar-refractivity contribution is -0.120. The van der Waals surface area contributed by atoms with Crippen LogP contribution >= 0.6 is 11.3 Å². The largest absolute Gasteiger partial charge is 0.435 e. The summed E-state index contributed by atoms with van der Waals surface area (Å²) < 4.78 is 37.7. The average Bonchev–Trinajstić information content (AvgIpc) is 3.42. The fraction of sp³-hybridized carbons (Fsp3) is 0.478. The second-order valence-corrected chi connectivity index (χ2v) is 9.71. The molecule has 5 rings (SSSR count). The van der Waals surface area contributed by atoms with E-state index in [9.17, 15) is 13.6 Å². The Morgan fingerprint density at radius 2 is 2.09 bits per heavy atom. The zero-order valence-corrected chi connectivity index (χ0v) is 19.5. The summed E-state index contributed by atoms with van der Waals surface area (Å²) in [6.07, 6.45) is 3.56. The van der Waals surface area contributed by atoms with Crippen molar-refractivity contribution < 1.29 is 23.0 Å². The Morgan fingerprint density at radius 1 is 1.26 bits per heavy atom. The lowest BCUT2D eigenvalue weighted by Gasteiger charge is -2.27. The number of aromatic nitrogens is 4. The third kappa shape index (κ3) is 4.80. The maximum atomic E-state index is 13.0. The molecule has 0 bridgehead atoms. The number of fused-ring (bicyclic) bond motifs is 1. The van der Waals surface area contributed by atoms with Crippen molar-refractivity contribution in [3.05, 3.63) is 40.5 Å². The van der Waals surface area contributed by atoms with Crippen molar-refractivity contribution in [3.8, 4) is 17.0 Å². The van der Waals surface area contributed by atoms with Gasteiger partial charge in [0, 0.05) is 42.4 Å². The minimum atomic E-state index is -2.89. The van der Waals surface area contributed by atoms with Gasteiger partial charge in [-0.15, -0.1) is 10.2 Å². The molecule has 3 aromatic rings. The minimum absolute atomic E-state index is 0.0737. The number of nitrogens with zero attached hydrogens (tertiary/aromatic N) is 4. The summed E-state index contributed by atoms with van der Waals surface area (Å²) >= 11 is 1.35. The fourth-order valence-electron chi connectivity index (χ4n) is 4.70. The first-order chi connectivity index (χ1) is 16.5. The van der Waals surface area contributed by atoms with E-state index in [-0.39, 0.29) is 23.6 Å². The molecule has 1 saturated heterocycles. The number of rotatable bonds is 6. The van der Waals surface area contributed by atoms with Crippen molar-refractivity contribution in [3.63, 3.8) is 0 Å². The van der Waals surface area contributed by atoms with Crippen LogP contribution in [0.4, 0.5) is 13.9 Å². The molecule has 2 aromatic heterocycles. The number of benzene rings is 1. The smallest absolute Gasteiger partial charge is 0.387 e. The Morgan fingerprint density at radius 3 is 2.82 bits per heavy atom. The second kappa shape index (κ2) is 9.75. The number of anilines is 1. The molecule has 1 aromatic carbocycles. The van der Waals surface area contributed by atoms with Crippen LogP contribution in [0.1, 0.15) is 41.6 Å². The predicted octanol–water partition coefficient (Wildman–Crippen LogP) is 4.41. The van der Waals surface area contributed by atoms with Gasteiger partial charge in [0.2, 0.25) is 11.0 Å². The van der Waals surface area contributed by atoms with E-state index in [1.807, 2.05) is 17.7 Å². The van der Waals surface area contributed by atoms with Crippen molar-refractivity contribution in [1.82, 2.24) is 20.0 Å². The molecular formula is C23H25F2N5O3S. The van der Waals surface area contributed by atoms with Crippen LogP contribution in [0, 0.1) is 12.8 Å². The van der Waals surface area contributed by atoms with Crippen LogP contribution in [0.15, 0.2) is 24.3 Å². The van der Waals surface area contributed by atoms with E-state index in [0.29, 0.717) is 37.6 Å². The molecular weight excluding hydrogens is 464 g/mol. The van der Waals surface area contributed by atoms with Crippen LogP contribution in [0.25, 0.3) is 11.3 Å². The molecule has 8 nitrogen and oxygen atoms in total. The molecule has 1 aliphatic carbocycles. The molecule has 0 radical (unpaired) electrons. The summed E-state index contributed by atoms with van der Waals surface area (Å²) in [4.78, 5) is 13.0. The van der Waals surface area contributed by atoms with Gasteiger partial charge in [-0.25, -0.2) is 0 Å². The van der Waals surface area contributed by atoms with Crippen LogP contribution in [-0.2, 0) is 22.4 Å². The minimum Gasteiger partial charge on any atom is -0.435 e. The second-order valence-electron chi connectivity index (χ2n) is 8.52. The number of carbonyl (C=O) groups excluding carboxylic acids is 1. The van der Waals surface area contributed by atoms with E-state index < -0.39 is 6.61 Å². The molecule has 0 saturated carbocycles. The number of amides is 1. The van der Waals surface area contributed by atoms with Gasteiger partial charge < -0.3 is 14.8 Å². The first kappa shape index (κ1) is 22.9. The first-order valence-electron chi connectivity index (χ1n) is 11.3. The van der Waals surface area contributed by atoms with Gasteiger partial charge in [0.25, 0.3) is 0 Å². The molecule has 180 valence electrons. The van der Waals surface area contributed by atoms with Gasteiger partial charge in [0.1, 0.15) is 10.8 Å². The van der Waals surface area contributed by atoms with Crippen LogP contribution in [0.5, 0.6) is 5.75 Å². The Kier molecular flexibility index (Phi) is 6.55. The molecule has 1 atom stereocenters. The van der Waals surface area contributed by atoms with Gasteiger partial charge in [0.05, 0.1) is 11.7 Å². The highest BCUT2D eigenvalue weighted by molar-refractivity contribution is 7.15. The van der Waals surface area contributed by atoms with Gasteiger partial charge >= 0.3 is 6.61 Å². The molecule has 3 heterocycles. The fourth-order valence-corrected chi connectivity index (χ4v) is 5.29. The Balaban J connectivity index is 1.46. The van der Waals surface area contributed by atoms with Crippen LogP contribution in [0.2, 0.25) is 0 Å². The Labute approximate surface area is 199 Å². The maximum Gasteiger partial charge on any atom is 0.387 e. The number of ether oxygens (including phenoxy) is 2. The van der Waals surface area contributed by atoms with E-state index in [1.165, 1.54) is 17.4 Å². The quantitative estimate of drug-likeness (QED) is 0.552. The van der Waals surface area contributed by atoms with Crippen LogP contribution < -0.4 is 10.1 Å². The number of halogens is 2. The van der Waals surface area contributed by atoms with E-state index in [4.69, 9.17) is 9.84 Å². The number of nitrogens with one attached hydrogen (secondary N) is 1. The summed E-state index contributed by atoms with van der Waals surface area (Å²) in [5, 5.41) is 17.1. The number of hydrogen-bond donors (Lipinski definition) is 1. The van der Waals surface area contributed by atoms with E-state index in [0.717, 1.165) is 40.4 Å². The normalized spacial score (nSPS) is 18.6. The van der Waals surface area contributed by atoms with Crippen molar-refractivity contribution >= 4 is 22.4 Å². The monoisotopic (exact) mass is 489 g/mol. The molecule has 0 unspecified atom stereocenters. The predicted molar refractivity (Wildman–Crippen MR) is 122 cm³/mol. The van der Waals surface area contributed by atoms with E-state index in [2.05, 4.69) is 20.3 Å². The zero-order valence-electron chi connectivity index (χ0n) is 18.7. The average molecular weight is 490 g/mol. The van der Waals surface area contributed by atoms with Gasteiger partial charge in [-0.3, -0.25) is 9.48 Å². The van der Waals surface area contributed by atoms with Crippen molar-refractivity contribution in [2.75, 3.05) is 18.5 Å². The molecule has 0 spiro atoms. The highest BCUT2D eigenvalue weighted by atomic mass is 32.1. The topological polar surface area (TPSA) is 91.2 Å². The lowest BCUT2D eigenvalue weighted by Crippen LogP contribution is -2.30. The summed E-state index contributed by atoms with van der Waals surface area (Å²) in [6, 6.07) is 6.82. The lowest BCUT2D eigenvalue weighted by atomic mass is 9.85. The van der Waals surface area contributed by atoms with Crippen molar-refractivity contribution in [2.24, 2.45) is 5.92 Å². The van der Waals surface area contributed by atoms with Gasteiger partial charge in [-0.1, -0.05) is 23.5 Å².